The smallest absolute Gasteiger partial charge is 0.255 e. The standard InChI is InChI=1S/C22H26N4O2/c1-16-8-10-26-21(11-16)20(13-24-26)22(28)23-12-17-5-2-3-6-18(17)14-25-9-4-7-19(25)15-27/h2-3,5-6,8,10-11,13,19,27H,4,7,9,12,14-15H2,1H3,(H,23,28). The van der Waals surface area contributed by atoms with Gasteiger partial charge in [0.25, 0.3) is 5.91 Å². The second kappa shape index (κ2) is 8.12. The molecular weight excluding hydrogens is 352 g/mol. The molecule has 6 nitrogen and oxygen atoms in total. The molecule has 1 aliphatic heterocycles. The molecule has 2 N–H and O–H groups in total. The number of benzene rings is 1. The molecule has 0 aliphatic carbocycles. The number of aliphatic hydroxyl groups is 1. The normalized spacial score (nSPS) is 17.3. The van der Waals surface area contributed by atoms with Crippen LogP contribution in [-0.4, -0.2) is 44.7 Å². The molecule has 1 aliphatic rings. The Kier molecular flexibility index (Phi) is 5.41. The lowest BCUT2D eigenvalue weighted by atomic mass is 10.1. The molecule has 146 valence electrons. The highest BCUT2D eigenvalue weighted by Gasteiger charge is 2.24. The van der Waals surface area contributed by atoms with Crippen LogP contribution in [0.1, 0.15) is 39.9 Å². The van der Waals surface area contributed by atoms with Crippen molar-refractivity contribution in [2.45, 2.75) is 38.9 Å². The SMILES string of the molecule is Cc1ccn2ncc(C(=O)NCc3ccccc3CN3CCCC3CO)c2c1. The van der Waals surface area contributed by atoms with E-state index < -0.39 is 0 Å². The number of rotatable bonds is 6. The summed E-state index contributed by atoms with van der Waals surface area (Å²) in [6.07, 6.45) is 5.65. The van der Waals surface area contributed by atoms with Crippen molar-refractivity contribution in [2.24, 2.45) is 0 Å². The van der Waals surface area contributed by atoms with Crippen LogP contribution < -0.4 is 5.32 Å². The number of aromatic nitrogens is 2. The Bertz CT molecular complexity index is 982. The first-order chi connectivity index (χ1) is 13.7. The largest absolute Gasteiger partial charge is 0.395 e. The minimum absolute atomic E-state index is 0.121. The van der Waals surface area contributed by atoms with Gasteiger partial charge in [-0.25, -0.2) is 4.52 Å². The molecule has 1 atom stereocenters. The van der Waals surface area contributed by atoms with Gasteiger partial charge in [0.05, 0.1) is 23.9 Å². The van der Waals surface area contributed by atoms with Crippen LogP contribution in [0.4, 0.5) is 0 Å². The third-order valence-corrected chi connectivity index (χ3v) is 5.56. The van der Waals surface area contributed by atoms with E-state index in [1.165, 1.54) is 5.56 Å². The Hall–Kier alpha value is -2.70. The molecule has 3 heterocycles. The first kappa shape index (κ1) is 18.7. The van der Waals surface area contributed by atoms with Gasteiger partial charge in [0.1, 0.15) is 0 Å². The molecule has 3 aromatic rings. The van der Waals surface area contributed by atoms with Crippen molar-refractivity contribution < 1.29 is 9.90 Å². The maximum atomic E-state index is 12.8. The lowest BCUT2D eigenvalue weighted by Crippen LogP contribution is -2.32. The fraction of sp³-hybridized carbons (Fsp3) is 0.364. The number of nitrogens with one attached hydrogen (secondary N) is 1. The number of pyridine rings is 1. The molecule has 1 fully saturated rings. The summed E-state index contributed by atoms with van der Waals surface area (Å²) in [5, 5.41) is 16.9. The quantitative estimate of drug-likeness (QED) is 0.692. The van der Waals surface area contributed by atoms with Crippen LogP contribution in [0.5, 0.6) is 0 Å². The van der Waals surface area contributed by atoms with Crippen molar-refractivity contribution in [1.82, 2.24) is 19.8 Å². The van der Waals surface area contributed by atoms with Crippen LogP contribution in [0.2, 0.25) is 0 Å². The van der Waals surface area contributed by atoms with E-state index >= 15 is 0 Å². The fourth-order valence-corrected chi connectivity index (χ4v) is 3.95. The van der Waals surface area contributed by atoms with E-state index in [0.717, 1.165) is 42.6 Å². The number of hydrogen-bond acceptors (Lipinski definition) is 4. The van der Waals surface area contributed by atoms with Crippen LogP contribution >= 0.6 is 0 Å². The molecule has 0 bridgehead atoms. The average molecular weight is 378 g/mol. The number of carbonyl (C=O) groups excluding carboxylic acids is 1. The summed E-state index contributed by atoms with van der Waals surface area (Å²) in [5.74, 6) is -0.121. The van der Waals surface area contributed by atoms with Gasteiger partial charge in [0.2, 0.25) is 0 Å². The molecule has 2 aromatic heterocycles. The molecule has 1 saturated heterocycles. The third-order valence-electron chi connectivity index (χ3n) is 5.56. The summed E-state index contributed by atoms with van der Waals surface area (Å²) in [7, 11) is 0. The lowest BCUT2D eigenvalue weighted by molar-refractivity contribution is 0.0952. The van der Waals surface area contributed by atoms with Crippen molar-refractivity contribution in [3.63, 3.8) is 0 Å². The van der Waals surface area contributed by atoms with Crippen LogP contribution in [0.25, 0.3) is 5.52 Å². The summed E-state index contributed by atoms with van der Waals surface area (Å²) >= 11 is 0. The molecule has 4 rings (SSSR count). The lowest BCUT2D eigenvalue weighted by Gasteiger charge is -2.24. The number of aliphatic hydroxyl groups excluding tert-OH is 1. The Balaban J connectivity index is 1.47. The van der Waals surface area contributed by atoms with Gasteiger partial charge in [0, 0.05) is 25.3 Å². The highest BCUT2D eigenvalue weighted by Crippen LogP contribution is 2.21. The Morgan fingerprint density at radius 2 is 2.11 bits per heavy atom. The number of carbonyl (C=O) groups is 1. The second-order valence-corrected chi connectivity index (χ2v) is 7.49. The number of amides is 1. The molecule has 1 amide bonds. The van der Waals surface area contributed by atoms with Gasteiger partial charge in [-0.15, -0.1) is 0 Å². The summed E-state index contributed by atoms with van der Waals surface area (Å²) in [6, 6.07) is 12.4. The van der Waals surface area contributed by atoms with E-state index in [1.807, 2.05) is 37.4 Å². The van der Waals surface area contributed by atoms with Crippen molar-refractivity contribution in [3.8, 4) is 0 Å². The predicted molar refractivity (Wildman–Crippen MR) is 108 cm³/mol. The van der Waals surface area contributed by atoms with Crippen molar-refractivity contribution in [3.05, 3.63) is 71.0 Å². The van der Waals surface area contributed by atoms with Crippen molar-refractivity contribution >= 4 is 11.4 Å². The summed E-state index contributed by atoms with van der Waals surface area (Å²) in [5.41, 5.74) is 4.79. The molecule has 0 radical (unpaired) electrons. The van der Waals surface area contributed by atoms with E-state index in [0.29, 0.717) is 12.1 Å². The molecule has 28 heavy (non-hydrogen) atoms. The number of fused-ring (bicyclic) bond motifs is 1. The zero-order chi connectivity index (χ0) is 19.5. The number of nitrogens with zero attached hydrogens (tertiary/aromatic N) is 3. The average Bonchev–Trinajstić information content (AvgIpc) is 3.33. The van der Waals surface area contributed by atoms with Crippen LogP contribution in [-0.2, 0) is 13.1 Å². The molecule has 1 aromatic carbocycles. The molecular formula is C22H26N4O2. The highest BCUT2D eigenvalue weighted by molar-refractivity contribution is 6.00. The van der Waals surface area contributed by atoms with Gasteiger partial charge in [-0.2, -0.15) is 5.10 Å². The first-order valence-corrected chi connectivity index (χ1v) is 9.79. The van der Waals surface area contributed by atoms with Crippen LogP contribution in [0.15, 0.2) is 48.8 Å². The summed E-state index contributed by atoms with van der Waals surface area (Å²) < 4.78 is 1.72. The van der Waals surface area contributed by atoms with E-state index in [4.69, 9.17) is 0 Å². The van der Waals surface area contributed by atoms with Crippen molar-refractivity contribution in [2.75, 3.05) is 13.2 Å². The molecule has 6 heteroatoms. The van der Waals surface area contributed by atoms with Gasteiger partial charge in [-0.1, -0.05) is 24.3 Å². The Labute approximate surface area is 164 Å². The van der Waals surface area contributed by atoms with Gasteiger partial charge in [-0.3, -0.25) is 9.69 Å². The maximum absolute atomic E-state index is 12.8. The zero-order valence-corrected chi connectivity index (χ0v) is 16.1. The highest BCUT2D eigenvalue weighted by atomic mass is 16.3. The monoisotopic (exact) mass is 378 g/mol. The number of likely N-dealkylation sites (tertiary alicyclic amines) is 1. The number of hydrogen-bond donors (Lipinski definition) is 2. The van der Waals surface area contributed by atoms with E-state index in [9.17, 15) is 9.90 Å². The first-order valence-electron chi connectivity index (χ1n) is 9.79. The minimum Gasteiger partial charge on any atom is -0.395 e. The topological polar surface area (TPSA) is 69.9 Å². The van der Waals surface area contributed by atoms with E-state index in [1.54, 1.807) is 10.7 Å². The molecule has 0 spiro atoms. The van der Waals surface area contributed by atoms with Crippen LogP contribution in [0, 0.1) is 6.92 Å². The Morgan fingerprint density at radius 1 is 1.29 bits per heavy atom. The van der Waals surface area contributed by atoms with E-state index in [2.05, 4.69) is 27.4 Å². The van der Waals surface area contributed by atoms with Gasteiger partial charge in [0.15, 0.2) is 0 Å². The fourth-order valence-electron chi connectivity index (χ4n) is 3.95. The van der Waals surface area contributed by atoms with Gasteiger partial charge < -0.3 is 10.4 Å². The van der Waals surface area contributed by atoms with Gasteiger partial charge in [-0.05, 0) is 55.1 Å². The molecule has 1 unspecified atom stereocenters. The second-order valence-electron chi connectivity index (χ2n) is 7.49. The Morgan fingerprint density at radius 3 is 2.93 bits per heavy atom. The minimum atomic E-state index is -0.121. The van der Waals surface area contributed by atoms with E-state index in [-0.39, 0.29) is 18.6 Å². The maximum Gasteiger partial charge on any atom is 0.255 e. The predicted octanol–water partition coefficient (Wildman–Crippen LogP) is 2.53. The number of aryl methyl sites for hydroxylation is 1. The van der Waals surface area contributed by atoms with Crippen molar-refractivity contribution in [1.29, 1.82) is 0 Å². The third kappa shape index (κ3) is 3.79. The summed E-state index contributed by atoms with van der Waals surface area (Å²) in [4.78, 5) is 15.1. The summed E-state index contributed by atoms with van der Waals surface area (Å²) in [6.45, 7) is 4.48. The zero-order valence-electron chi connectivity index (χ0n) is 16.1. The van der Waals surface area contributed by atoms with Crippen LogP contribution in [0.3, 0.4) is 0 Å². The molecule has 0 saturated carbocycles. The van der Waals surface area contributed by atoms with Gasteiger partial charge >= 0.3 is 0 Å².